The third-order valence-electron chi connectivity index (χ3n) is 4.50. The largest absolute Gasteiger partial charge is 0.481 e. The van der Waals surface area contributed by atoms with Crippen LogP contribution in [0.15, 0.2) is 12.2 Å². The Kier molecular flexibility index (Phi) is 61.3. The van der Waals surface area contributed by atoms with E-state index in [2.05, 4.69) is 19.1 Å². The molecule has 0 aliphatic heterocycles. The monoisotopic (exact) mass is 646 g/mol. The van der Waals surface area contributed by atoms with Gasteiger partial charge in [0.1, 0.15) is 12.2 Å². The van der Waals surface area contributed by atoms with Crippen LogP contribution < -0.4 is 0 Å². The summed E-state index contributed by atoms with van der Waals surface area (Å²) in [6.07, 6.45) is 19.3. The van der Waals surface area contributed by atoms with Crippen molar-refractivity contribution in [2.75, 3.05) is 26.4 Å². The summed E-state index contributed by atoms with van der Waals surface area (Å²) in [7, 11) is 0. The molecule has 0 atom stereocenters. The Hall–Kier alpha value is -2.62. The lowest BCUT2D eigenvalue weighted by Crippen LogP contribution is -2.15. The van der Waals surface area contributed by atoms with Crippen LogP contribution in [-0.4, -0.2) is 114 Å². The van der Waals surface area contributed by atoms with Crippen molar-refractivity contribution in [3.63, 3.8) is 0 Å². The van der Waals surface area contributed by atoms with E-state index in [0.29, 0.717) is 6.42 Å². The maximum Gasteiger partial charge on any atom is 0.303 e. The highest BCUT2D eigenvalue weighted by Gasteiger charge is 1.96. The van der Waals surface area contributed by atoms with E-state index in [1.807, 2.05) is 0 Å². The summed E-state index contributed by atoms with van der Waals surface area (Å²) < 4.78 is 0. The first kappa shape index (κ1) is 53.9. The zero-order valence-electron chi connectivity index (χ0n) is 27.1. The minimum Gasteiger partial charge on any atom is -0.481 e. The standard InChI is InChI=1S/C18H34O2.2C3H8O3.3C2H4O2/c1-2-3-4-5-6-7-8-9-10-11-12-13-14-15-16-17-18(19)20;2*4-1-3(6)2-5;3*1-2(3)4/h9-10H,2-8,11-17H2,1H3,(H,19,20);2*3-6H,1-2H2;3*1H3,(H,3,4)/b10-9-;;;;;. The average molecular weight is 647 g/mol. The van der Waals surface area contributed by atoms with Gasteiger partial charge in [-0.25, -0.2) is 0 Å². The molecule has 266 valence electrons. The number of rotatable bonds is 19. The third-order valence-corrected chi connectivity index (χ3v) is 4.50. The Morgan fingerprint density at radius 2 is 0.750 bits per heavy atom. The van der Waals surface area contributed by atoms with Crippen LogP contribution in [0.5, 0.6) is 0 Å². The van der Waals surface area contributed by atoms with Crippen LogP contribution in [0.1, 0.15) is 118 Å². The molecule has 14 nitrogen and oxygen atoms in total. The number of carboxylic acid groups (broad SMARTS) is 4. The highest BCUT2D eigenvalue weighted by molar-refractivity contribution is 5.66. The van der Waals surface area contributed by atoms with E-state index in [9.17, 15) is 4.79 Å². The summed E-state index contributed by atoms with van der Waals surface area (Å²) in [4.78, 5) is 37.3. The fraction of sp³-hybridized carbons (Fsp3) is 0.800. The van der Waals surface area contributed by atoms with E-state index in [0.717, 1.165) is 33.6 Å². The van der Waals surface area contributed by atoms with E-state index in [4.69, 9.17) is 65.4 Å². The van der Waals surface area contributed by atoms with E-state index < -0.39 is 36.1 Å². The molecular weight excluding hydrogens is 584 g/mol. The number of hydrogen-bond donors (Lipinski definition) is 10. The summed E-state index contributed by atoms with van der Waals surface area (Å²) in [5.41, 5.74) is 0. The summed E-state index contributed by atoms with van der Waals surface area (Å²) in [6.45, 7) is 4.05. The molecule has 0 fully saturated rings. The molecule has 0 amide bonds. The maximum atomic E-state index is 10.3. The molecule has 0 saturated carbocycles. The Morgan fingerprint density at radius 3 is 0.977 bits per heavy atom. The third kappa shape index (κ3) is 116. The molecule has 14 heteroatoms. The van der Waals surface area contributed by atoms with Crippen LogP contribution in [-0.2, 0) is 19.2 Å². The summed E-state index contributed by atoms with van der Waals surface area (Å²) in [5, 5.41) is 78.8. The molecule has 0 rings (SSSR count). The Bertz CT molecular complexity index is 568. The topological polar surface area (TPSA) is 271 Å². The van der Waals surface area contributed by atoms with Crippen LogP contribution in [0, 0.1) is 0 Å². The highest BCUT2D eigenvalue weighted by atomic mass is 16.4. The number of hydrogen-bond acceptors (Lipinski definition) is 10. The lowest BCUT2D eigenvalue weighted by molar-refractivity contribution is -0.137. The lowest BCUT2D eigenvalue weighted by atomic mass is 10.1. The van der Waals surface area contributed by atoms with Crippen molar-refractivity contribution >= 4 is 23.9 Å². The van der Waals surface area contributed by atoms with Gasteiger partial charge in [0.2, 0.25) is 0 Å². The number of allylic oxidation sites excluding steroid dienone is 2. The van der Waals surface area contributed by atoms with E-state index in [1.165, 1.54) is 70.6 Å². The van der Waals surface area contributed by atoms with Gasteiger partial charge < -0.3 is 51.1 Å². The second-order valence-corrected chi connectivity index (χ2v) is 9.32. The molecule has 0 unspecified atom stereocenters. The van der Waals surface area contributed by atoms with Crippen LogP contribution in [0.25, 0.3) is 0 Å². The van der Waals surface area contributed by atoms with Crippen molar-refractivity contribution in [1.29, 1.82) is 0 Å². The van der Waals surface area contributed by atoms with Gasteiger partial charge in [-0.05, 0) is 32.1 Å². The number of carbonyl (C=O) groups is 4. The van der Waals surface area contributed by atoms with Crippen molar-refractivity contribution < 1.29 is 70.2 Å². The fourth-order valence-corrected chi connectivity index (χ4v) is 2.46. The van der Waals surface area contributed by atoms with Gasteiger partial charge >= 0.3 is 5.97 Å². The van der Waals surface area contributed by atoms with E-state index >= 15 is 0 Å². The zero-order valence-corrected chi connectivity index (χ0v) is 27.1. The first-order valence-electron chi connectivity index (χ1n) is 14.8. The summed E-state index contributed by atoms with van der Waals surface area (Å²) in [5.74, 6) is -3.16. The number of aliphatic hydroxyl groups excluding tert-OH is 6. The molecule has 0 spiro atoms. The number of carboxylic acids is 4. The zero-order chi connectivity index (χ0) is 35.6. The van der Waals surface area contributed by atoms with Gasteiger partial charge in [-0.3, -0.25) is 19.2 Å². The first-order valence-corrected chi connectivity index (χ1v) is 14.8. The number of aliphatic hydroxyl groups is 6. The fourth-order valence-electron chi connectivity index (χ4n) is 2.46. The van der Waals surface area contributed by atoms with E-state index in [1.54, 1.807) is 0 Å². The Labute approximate surface area is 262 Å². The molecule has 0 aromatic carbocycles. The van der Waals surface area contributed by atoms with Gasteiger partial charge in [-0.1, -0.05) is 70.4 Å². The second kappa shape index (κ2) is 50.0. The molecule has 0 aromatic rings. The van der Waals surface area contributed by atoms with Crippen molar-refractivity contribution in [2.24, 2.45) is 0 Å². The van der Waals surface area contributed by atoms with Crippen LogP contribution in [0.4, 0.5) is 0 Å². The molecular formula is C30H62O14. The predicted octanol–water partition coefficient (Wildman–Crippen LogP) is 3.05. The van der Waals surface area contributed by atoms with E-state index in [-0.39, 0.29) is 26.4 Å². The SMILES string of the molecule is CC(=O)O.CC(=O)O.CC(=O)O.CCCCCCCC/C=C\CCCCCCCC(=O)O.OCC(O)CO.OCC(O)CO. The minimum atomic E-state index is -0.954. The maximum absolute atomic E-state index is 10.3. The highest BCUT2D eigenvalue weighted by Crippen LogP contribution is 2.09. The van der Waals surface area contributed by atoms with Crippen molar-refractivity contribution in [3.8, 4) is 0 Å². The summed E-state index contributed by atoms with van der Waals surface area (Å²) >= 11 is 0. The minimum absolute atomic E-state index is 0.332. The summed E-state index contributed by atoms with van der Waals surface area (Å²) in [6, 6.07) is 0. The molecule has 0 bridgehead atoms. The van der Waals surface area contributed by atoms with Gasteiger partial charge in [-0.2, -0.15) is 0 Å². The van der Waals surface area contributed by atoms with Crippen molar-refractivity contribution in [3.05, 3.63) is 12.2 Å². The van der Waals surface area contributed by atoms with Gasteiger partial charge in [0.25, 0.3) is 17.9 Å². The molecule has 10 N–H and O–H groups in total. The number of aliphatic carboxylic acids is 4. The molecule has 0 aliphatic rings. The van der Waals surface area contributed by atoms with Crippen LogP contribution in [0.3, 0.4) is 0 Å². The Morgan fingerprint density at radius 1 is 0.500 bits per heavy atom. The van der Waals surface area contributed by atoms with Crippen molar-refractivity contribution in [2.45, 2.75) is 130 Å². The molecule has 44 heavy (non-hydrogen) atoms. The van der Waals surface area contributed by atoms with Crippen LogP contribution in [0.2, 0.25) is 0 Å². The number of unbranched alkanes of at least 4 members (excludes halogenated alkanes) is 11. The van der Waals surface area contributed by atoms with Gasteiger partial charge in [0, 0.05) is 27.2 Å². The molecule has 0 aromatic heterocycles. The average Bonchev–Trinajstić information content (AvgIpc) is 2.93. The quantitative estimate of drug-likeness (QED) is 0.0714. The van der Waals surface area contributed by atoms with Gasteiger partial charge in [0.05, 0.1) is 26.4 Å². The normalized spacial score (nSPS) is 9.55. The second-order valence-electron chi connectivity index (χ2n) is 9.32. The molecule has 0 aliphatic carbocycles. The first-order chi connectivity index (χ1) is 20.6. The smallest absolute Gasteiger partial charge is 0.303 e. The molecule has 0 saturated heterocycles. The predicted molar refractivity (Wildman–Crippen MR) is 167 cm³/mol. The van der Waals surface area contributed by atoms with Gasteiger partial charge in [0.15, 0.2) is 0 Å². The Balaban J connectivity index is -0.000000122. The van der Waals surface area contributed by atoms with Gasteiger partial charge in [-0.15, -0.1) is 0 Å². The van der Waals surface area contributed by atoms with Crippen LogP contribution >= 0.6 is 0 Å². The molecule has 0 radical (unpaired) electrons. The van der Waals surface area contributed by atoms with Crippen molar-refractivity contribution in [1.82, 2.24) is 0 Å². The molecule has 0 heterocycles. The lowest BCUT2D eigenvalue weighted by Gasteiger charge is -1.99.